The Bertz CT molecular complexity index is 865. The molecular formula is C20H21N5O. The minimum atomic E-state index is -0.221. The van der Waals surface area contributed by atoms with E-state index in [0.717, 1.165) is 17.9 Å². The van der Waals surface area contributed by atoms with E-state index < -0.39 is 0 Å². The molecule has 2 heterocycles. The summed E-state index contributed by atoms with van der Waals surface area (Å²) in [6.45, 7) is 5.19. The van der Waals surface area contributed by atoms with E-state index in [9.17, 15) is 4.79 Å². The average Bonchev–Trinajstić information content (AvgIpc) is 2.68. The highest BCUT2D eigenvalue weighted by Crippen LogP contribution is 2.22. The molecule has 132 valence electrons. The molecule has 0 saturated heterocycles. The van der Waals surface area contributed by atoms with Gasteiger partial charge in [0.1, 0.15) is 0 Å². The van der Waals surface area contributed by atoms with Gasteiger partial charge in [0.2, 0.25) is 5.95 Å². The number of aromatic nitrogens is 3. The topological polar surface area (TPSA) is 71.0 Å². The normalized spacial score (nSPS) is 10.4. The van der Waals surface area contributed by atoms with Gasteiger partial charge in [0.25, 0.3) is 5.91 Å². The maximum Gasteiger partial charge on any atom is 0.254 e. The lowest BCUT2D eigenvalue weighted by Gasteiger charge is -2.21. The molecule has 0 aliphatic heterocycles. The summed E-state index contributed by atoms with van der Waals surface area (Å²) in [5, 5.41) is 2.82. The van der Waals surface area contributed by atoms with E-state index in [-0.39, 0.29) is 5.91 Å². The van der Waals surface area contributed by atoms with E-state index in [1.807, 2.05) is 55.1 Å². The Hall–Kier alpha value is -3.28. The smallest absolute Gasteiger partial charge is 0.254 e. The molecule has 26 heavy (non-hydrogen) atoms. The highest BCUT2D eigenvalue weighted by atomic mass is 16.1. The van der Waals surface area contributed by atoms with E-state index in [1.54, 1.807) is 18.6 Å². The molecule has 0 atom stereocenters. The van der Waals surface area contributed by atoms with Crippen LogP contribution in [0.5, 0.6) is 0 Å². The van der Waals surface area contributed by atoms with Crippen molar-refractivity contribution in [3.05, 3.63) is 77.9 Å². The number of nitrogens with zero attached hydrogens (tertiary/aromatic N) is 4. The lowest BCUT2D eigenvalue weighted by atomic mass is 10.2. The Morgan fingerprint density at radius 1 is 1.08 bits per heavy atom. The highest BCUT2D eigenvalue weighted by Gasteiger charge is 2.12. The van der Waals surface area contributed by atoms with Crippen LogP contribution in [0.2, 0.25) is 0 Å². The standard InChI is InChI=1S/C20H21N5O/c1-3-25(18-9-6-7-15(2)11-18)20-23-12-16(13-24-20)19(26)22-14-17-8-4-5-10-21-17/h4-13H,3,14H2,1-2H3,(H,22,26). The maximum atomic E-state index is 12.3. The zero-order valence-electron chi connectivity index (χ0n) is 14.9. The van der Waals surface area contributed by atoms with Crippen molar-refractivity contribution in [1.82, 2.24) is 20.3 Å². The zero-order chi connectivity index (χ0) is 18.4. The van der Waals surface area contributed by atoms with Crippen molar-refractivity contribution in [3.63, 3.8) is 0 Å². The monoisotopic (exact) mass is 347 g/mol. The number of benzene rings is 1. The number of hydrogen-bond donors (Lipinski definition) is 1. The van der Waals surface area contributed by atoms with Gasteiger partial charge in [0, 0.05) is 30.8 Å². The van der Waals surface area contributed by atoms with Crippen molar-refractivity contribution in [3.8, 4) is 0 Å². The fraction of sp³-hybridized carbons (Fsp3) is 0.200. The highest BCUT2D eigenvalue weighted by molar-refractivity contribution is 5.93. The van der Waals surface area contributed by atoms with E-state index >= 15 is 0 Å². The van der Waals surface area contributed by atoms with Gasteiger partial charge in [0.15, 0.2) is 0 Å². The lowest BCUT2D eigenvalue weighted by Crippen LogP contribution is -2.24. The minimum Gasteiger partial charge on any atom is -0.346 e. The fourth-order valence-electron chi connectivity index (χ4n) is 2.59. The second kappa shape index (κ2) is 8.20. The molecule has 2 aromatic heterocycles. The molecule has 1 N–H and O–H groups in total. The minimum absolute atomic E-state index is 0.221. The van der Waals surface area contributed by atoms with E-state index in [0.29, 0.717) is 18.1 Å². The number of hydrogen-bond acceptors (Lipinski definition) is 5. The summed E-state index contributed by atoms with van der Waals surface area (Å²) in [5.74, 6) is 0.347. The summed E-state index contributed by atoms with van der Waals surface area (Å²) in [6.07, 6.45) is 4.80. The number of aryl methyl sites for hydroxylation is 1. The molecule has 3 aromatic rings. The van der Waals surface area contributed by atoms with Crippen molar-refractivity contribution in [2.45, 2.75) is 20.4 Å². The summed E-state index contributed by atoms with van der Waals surface area (Å²) < 4.78 is 0. The molecule has 0 aliphatic carbocycles. The predicted octanol–water partition coefficient (Wildman–Crippen LogP) is 3.27. The van der Waals surface area contributed by atoms with Crippen LogP contribution < -0.4 is 10.2 Å². The SMILES string of the molecule is CCN(c1cccc(C)c1)c1ncc(C(=O)NCc2ccccn2)cn1. The molecule has 0 aliphatic rings. The molecule has 0 fully saturated rings. The van der Waals surface area contributed by atoms with Gasteiger partial charge in [-0.1, -0.05) is 18.2 Å². The second-order valence-electron chi connectivity index (χ2n) is 5.86. The van der Waals surface area contributed by atoms with E-state index in [4.69, 9.17) is 0 Å². The zero-order valence-corrected chi connectivity index (χ0v) is 14.9. The predicted molar refractivity (Wildman–Crippen MR) is 101 cm³/mol. The van der Waals surface area contributed by atoms with Gasteiger partial charge in [-0.2, -0.15) is 0 Å². The number of pyridine rings is 1. The summed E-state index contributed by atoms with van der Waals surface area (Å²) in [7, 11) is 0. The van der Waals surface area contributed by atoms with Crippen LogP contribution in [-0.4, -0.2) is 27.4 Å². The van der Waals surface area contributed by atoms with Gasteiger partial charge in [0.05, 0.1) is 17.8 Å². The van der Waals surface area contributed by atoms with Crippen LogP contribution in [0.3, 0.4) is 0 Å². The Balaban J connectivity index is 1.70. The first-order valence-corrected chi connectivity index (χ1v) is 8.51. The van der Waals surface area contributed by atoms with E-state index in [1.165, 1.54) is 5.56 Å². The van der Waals surface area contributed by atoms with Crippen molar-refractivity contribution in [2.24, 2.45) is 0 Å². The molecule has 0 bridgehead atoms. The van der Waals surface area contributed by atoms with Gasteiger partial charge < -0.3 is 10.2 Å². The average molecular weight is 347 g/mol. The molecule has 0 unspecified atom stereocenters. The van der Waals surface area contributed by atoms with Gasteiger partial charge >= 0.3 is 0 Å². The molecule has 0 spiro atoms. The number of rotatable bonds is 6. The van der Waals surface area contributed by atoms with Crippen LogP contribution >= 0.6 is 0 Å². The molecule has 1 aromatic carbocycles. The van der Waals surface area contributed by atoms with Crippen molar-refractivity contribution in [1.29, 1.82) is 0 Å². The Labute approximate surface area is 153 Å². The summed E-state index contributed by atoms with van der Waals surface area (Å²) in [6, 6.07) is 13.7. The number of nitrogens with one attached hydrogen (secondary N) is 1. The van der Waals surface area contributed by atoms with Crippen molar-refractivity contribution in [2.75, 3.05) is 11.4 Å². The number of amides is 1. The summed E-state index contributed by atoms with van der Waals surface area (Å²) >= 11 is 0. The van der Waals surface area contributed by atoms with Gasteiger partial charge in [-0.3, -0.25) is 9.78 Å². The van der Waals surface area contributed by atoms with Crippen LogP contribution in [0.1, 0.15) is 28.5 Å². The molecule has 6 nitrogen and oxygen atoms in total. The van der Waals surface area contributed by atoms with Gasteiger partial charge in [-0.25, -0.2) is 9.97 Å². The fourth-order valence-corrected chi connectivity index (χ4v) is 2.59. The van der Waals surface area contributed by atoms with Crippen LogP contribution in [0.15, 0.2) is 61.1 Å². The first-order chi connectivity index (χ1) is 12.7. The van der Waals surface area contributed by atoms with Gasteiger partial charge in [-0.15, -0.1) is 0 Å². The summed E-state index contributed by atoms with van der Waals surface area (Å²) in [4.78, 5) is 27.2. The Morgan fingerprint density at radius 3 is 2.54 bits per heavy atom. The quantitative estimate of drug-likeness (QED) is 0.741. The van der Waals surface area contributed by atoms with Crippen molar-refractivity contribution >= 4 is 17.5 Å². The first-order valence-electron chi connectivity index (χ1n) is 8.51. The molecule has 0 radical (unpaired) electrons. The van der Waals surface area contributed by atoms with Crippen LogP contribution in [-0.2, 0) is 6.54 Å². The molecule has 6 heteroatoms. The Morgan fingerprint density at radius 2 is 1.88 bits per heavy atom. The lowest BCUT2D eigenvalue weighted by molar-refractivity contribution is 0.0949. The molecule has 3 rings (SSSR count). The van der Waals surface area contributed by atoms with Crippen molar-refractivity contribution < 1.29 is 4.79 Å². The third kappa shape index (κ3) is 4.22. The van der Waals surface area contributed by atoms with Crippen LogP contribution in [0.25, 0.3) is 0 Å². The molecule has 1 amide bonds. The molecular weight excluding hydrogens is 326 g/mol. The van der Waals surface area contributed by atoms with Crippen LogP contribution in [0.4, 0.5) is 11.6 Å². The second-order valence-corrected chi connectivity index (χ2v) is 5.86. The first kappa shape index (κ1) is 17.5. The maximum absolute atomic E-state index is 12.3. The van der Waals surface area contributed by atoms with Crippen LogP contribution in [0, 0.1) is 6.92 Å². The number of carbonyl (C=O) groups excluding carboxylic acids is 1. The third-order valence-electron chi connectivity index (χ3n) is 3.93. The number of carbonyl (C=O) groups is 1. The number of anilines is 2. The van der Waals surface area contributed by atoms with E-state index in [2.05, 4.69) is 26.3 Å². The third-order valence-corrected chi connectivity index (χ3v) is 3.93. The van der Waals surface area contributed by atoms with Gasteiger partial charge in [-0.05, 0) is 43.7 Å². The molecule has 0 saturated carbocycles. The summed E-state index contributed by atoms with van der Waals surface area (Å²) in [5.41, 5.74) is 3.42. The Kier molecular flexibility index (Phi) is 5.53. The largest absolute Gasteiger partial charge is 0.346 e.